The van der Waals surface area contributed by atoms with Crippen LogP contribution >= 0.6 is 12.4 Å². The monoisotopic (exact) mass is 211 g/mol. The van der Waals surface area contributed by atoms with E-state index in [1.54, 1.807) is 24.3 Å². The summed E-state index contributed by atoms with van der Waals surface area (Å²) in [6.45, 7) is -0.288. The first-order valence-electron chi connectivity index (χ1n) is 3.18. The molecule has 1 aromatic rings. The molecule has 0 aromatic heterocycles. The van der Waals surface area contributed by atoms with Gasteiger partial charge < -0.3 is 9.84 Å². The van der Waals surface area contributed by atoms with Crippen molar-refractivity contribution in [2.75, 3.05) is 6.61 Å². The molecule has 3 nitrogen and oxygen atoms in total. The summed E-state index contributed by atoms with van der Waals surface area (Å²) in [7, 11) is 0. The van der Waals surface area contributed by atoms with Gasteiger partial charge in [-0.15, -0.1) is 12.4 Å². The maximum Gasteiger partial charge on any atom is 0.341 e. The Morgan fingerprint density at radius 3 is 2.31 bits per heavy atom. The number of rotatable bonds is 3. The molecule has 5 heteroatoms. The Balaban J connectivity index is 0. The van der Waals surface area contributed by atoms with Crippen molar-refractivity contribution in [2.24, 2.45) is 0 Å². The Morgan fingerprint density at radius 2 is 1.85 bits per heavy atom. The average Bonchev–Trinajstić information content (AvgIpc) is 2.03. The molecule has 0 aliphatic carbocycles. The van der Waals surface area contributed by atoms with Gasteiger partial charge in [0.05, 0.1) is 0 Å². The number of ether oxygens (including phenoxy) is 1. The fourth-order valence-electron chi connectivity index (χ4n) is 0.662. The summed E-state index contributed by atoms with van der Waals surface area (Å²) in [6, 6.07) is 8.84. The van der Waals surface area contributed by atoms with Gasteiger partial charge in [-0.2, -0.15) is 0 Å². The molecule has 0 atom stereocenters. The molecule has 0 fully saturated rings. The molecule has 0 aliphatic heterocycles. The standard InChI is InChI=1S/C8H8O3.ClH.Na/c9-8(10)6-11-7-4-2-1-3-5-7;;/h1-5H,6H2,(H,9,10);1H;. The number of aliphatic carboxylic acids is 1. The van der Waals surface area contributed by atoms with E-state index in [1.165, 1.54) is 0 Å². The van der Waals surface area contributed by atoms with E-state index in [4.69, 9.17) is 9.84 Å². The van der Waals surface area contributed by atoms with Crippen LogP contribution in [0.25, 0.3) is 0 Å². The van der Waals surface area contributed by atoms with Crippen LogP contribution in [0.15, 0.2) is 30.3 Å². The minimum atomic E-state index is -0.964. The molecule has 0 bridgehead atoms. The predicted molar refractivity (Wildman–Crippen MR) is 52.6 cm³/mol. The van der Waals surface area contributed by atoms with Crippen LogP contribution in [0.1, 0.15) is 0 Å². The second kappa shape index (κ2) is 8.38. The second-order valence-corrected chi connectivity index (χ2v) is 2.00. The Kier molecular flexibility index (Phi) is 9.84. The first kappa shape index (κ1) is 15.3. The normalized spacial score (nSPS) is 7.69. The van der Waals surface area contributed by atoms with Gasteiger partial charge in [-0.25, -0.2) is 4.79 Å². The van der Waals surface area contributed by atoms with Gasteiger partial charge in [0.15, 0.2) is 6.61 Å². The van der Waals surface area contributed by atoms with Crippen LogP contribution in [0.5, 0.6) is 5.75 Å². The Hall–Kier alpha value is -0.220. The van der Waals surface area contributed by atoms with Gasteiger partial charge in [-0.1, -0.05) is 18.2 Å². The van der Waals surface area contributed by atoms with Gasteiger partial charge in [0.2, 0.25) is 0 Å². The molecule has 67 valence electrons. The van der Waals surface area contributed by atoms with Crippen LogP contribution in [-0.2, 0) is 4.79 Å². The molecule has 0 spiro atoms. The Labute approximate surface area is 105 Å². The summed E-state index contributed by atoms with van der Waals surface area (Å²) < 4.78 is 4.87. The molecule has 1 rings (SSSR count). The van der Waals surface area contributed by atoms with E-state index in [0.717, 1.165) is 0 Å². The van der Waals surface area contributed by atoms with Crippen molar-refractivity contribution in [1.29, 1.82) is 0 Å². The van der Waals surface area contributed by atoms with E-state index in [1.807, 2.05) is 6.07 Å². The van der Waals surface area contributed by atoms with Crippen molar-refractivity contribution in [1.82, 2.24) is 0 Å². The van der Waals surface area contributed by atoms with Crippen LogP contribution < -0.4 is 4.74 Å². The number of hydrogen-bond acceptors (Lipinski definition) is 2. The molecule has 0 heterocycles. The summed E-state index contributed by atoms with van der Waals surface area (Å²) in [5, 5.41) is 8.25. The number of halogens is 1. The molecule has 0 unspecified atom stereocenters. The molecule has 0 saturated carbocycles. The van der Waals surface area contributed by atoms with Gasteiger partial charge in [-0.3, -0.25) is 0 Å². The Morgan fingerprint density at radius 1 is 1.31 bits per heavy atom. The van der Waals surface area contributed by atoms with Gasteiger partial charge in [0, 0.05) is 29.6 Å². The summed E-state index contributed by atoms with van der Waals surface area (Å²) in [5.74, 6) is -0.385. The van der Waals surface area contributed by atoms with Gasteiger partial charge in [-0.05, 0) is 12.1 Å². The molecule has 1 N–H and O–H groups in total. The van der Waals surface area contributed by atoms with E-state index < -0.39 is 5.97 Å². The third-order valence-corrected chi connectivity index (χ3v) is 1.11. The largest absolute Gasteiger partial charge is 0.482 e. The quantitative estimate of drug-likeness (QED) is 0.764. The van der Waals surface area contributed by atoms with Crippen molar-refractivity contribution >= 4 is 47.9 Å². The molecule has 0 aliphatic rings. The van der Waals surface area contributed by atoms with Crippen LogP contribution in [0, 0.1) is 0 Å². The molecule has 1 radical (unpaired) electrons. The minimum Gasteiger partial charge on any atom is -0.482 e. The number of para-hydroxylation sites is 1. The van der Waals surface area contributed by atoms with E-state index in [2.05, 4.69) is 0 Å². The first-order valence-corrected chi connectivity index (χ1v) is 3.18. The SMILES string of the molecule is Cl.O=C(O)COc1ccccc1.[Na]. The van der Waals surface area contributed by atoms with Crippen molar-refractivity contribution in [3.8, 4) is 5.75 Å². The fourth-order valence-corrected chi connectivity index (χ4v) is 0.662. The number of carboxylic acids is 1. The first-order chi connectivity index (χ1) is 5.29. The molecule has 0 amide bonds. The van der Waals surface area contributed by atoms with E-state index in [-0.39, 0.29) is 48.6 Å². The number of carboxylic acid groups (broad SMARTS) is 1. The molecule has 13 heavy (non-hydrogen) atoms. The fraction of sp³-hybridized carbons (Fsp3) is 0.125. The van der Waals surface area contributed by atoms with Crippen LogP contribution in [-0.4, -0.2) is 47.2 Å². The van der Waals surface area contributed by atoms with Crippen molar-refractivity contribution in [3.05, 3.63) is 30.3 Å². The zero-order valence-corrected chi connectivity index (χ0v) is 10.1. The third kappa shape index (κ3) is 6.90. The van der Waals surface area contributed by atoms with E-state index in [0.29, 0.717) is 5.75 Å². The maximum atomic E-state index is 10.0. The summed E-state index contributed by atoms with van der Waals surface area (Å²) in [5.41, 5.74) is 0. The topological polar surface area (TPSA) is 46.5 Å². The van der Waals surface area contributed by atoms with Crippen LogP contribution in [0.4, 0.5) is 0 Å². The summed E-state index contributed by atoms with van der Waals surface area (Å²) >= 11 is 0. The molecular weight excluding hydrogens is 203 g/mol. The summed E-state index contributed by atoms with van der Waals surface area (Å²) in [4.78, 5) is 10.0. The van der Waals surface area contributed by atoms with Gasteiger partial charge in [0.25, 0.3) is 0 Å². The number of hydrogen-bond donors (Lipinski definition) is 1. The maximum absolute atomic E-state index is 10.0. The second-order valence-electron chi connectivity index (χ2n) is 2.00. The number of benzene rings is 1. The zero-order chi connectivity index (χ0) is 8.10. The van der Waals surface area contributed by atoms with Crippen molar-refractivity contribution in [2.45, 2.75) is 0 Å². The molecule has 0 saturated heterocycles. The van der Waals surface area contributed by atoms with Crippen LogP contribution in [0.2, 0.25) is 0 Å². The van der Waals surface area contributed by atoms with Crippen LogP contribution in [0.3, 0.4) is 0 Å². The van der Waals surface area contributed by atoms with Gasteiger partial charge >= 0.3 is 5.97 Å². The van der Waals surface area contributed by atoms with E-state index in [9.17, 15) is 4.79 Å². The smallest absolute Gasteiger partial charge is 0.341 e. The number of carbonyl (C=O) groups is 1. The minimum absolute atomic E-state index is 0. The zero-order valence-electron chi connectivity index (χ0n) is 7.27. The van der Waals surface area contributed by atoms with Gasteiger partial charge in [0.1, 0.15) is 5.75 Å². The molecular formula is C8H9ClNaO3. The van der Waals surface area contributed by atoms with Crippen molar-refractivity contribution < 1.29 is 14.6 Å². The van der Waals surface area contributed by atoms with Crippen molar-refractivity contribution in [3.63, 3.8) is 0 Å². The Bertz CT molecular complexity index is 240. The molecule has 1 aromatic carbocycles. The average molecular weight is 212 g/mol. The predicted octanol–water partition coefficient (Wildman–Crippen LogP) is 1.19. The third-order valence-electron chi connectivity index (χ3n) is 1.11. The van der Waals surface area contributed by atoms with E-state index >= 15 is 0 Å². The summed E-state index contributed by atoms with van der Waals surface area (Å²) in [6.07, 6.45) is 0.